The molecule has 2 unspecified atom stereocenters. The van der Waals surface area contributed by atoms with Gasteiger partial charge in [-0.3, -0.25) is 0 Å². The van der Waals surface area contributed by atoms with Crippen LogP contribution in [0.5, 0.6) is 0 Å². The molecule has 2 atom stereocenters. The van der Waals surface area contributed by atoms with Crippen molar-refractivity contribution in [2.45, 2.75) is 12.2 Å². The SMILES string of the molecule is OC1C=C2c3cc4cc(F)ccc4cc3-c3cccc(c32)C1O. The van der Waals surface area contributed by atoms with E-state index in [1.807, 2.05) is 24.3 Å². The molecular formula is C20H13FO2. The lowest BCUT2D eigenvalue weighted by atomic mass is 9.86. The van der Waals surface area contributed by atoms with Gasteiger partial charge >= 0.3 is 0 Å². The molecule has 0 heterocycles. The summed E-state index contributed by atoms with van der Waals surface area (Å²) in [6.07, 6.45) is -0.134. The van der Waals surface area contributed by atoms with E-state index in [1.54, 1.807) is 12.1 Å². The molecule has 0 bridgehead atoms. The third-order valence-electron chi connectivity index (χ3n) is 4.86. The van der Waals surface area contributed by atoms with Gasteiger partial charge in [0.2, 0.25) is 0 Å². The van der Waals surface area contributed by atoms with E-state index < -0.39 is 12.2 Å². The maximum Gasteiger partial charge on any atom is 0.123 e. The molecule has 23 heavy (non-hydrogen) atoms. The Bertz CT molecular complexity index is 1020. The Morgan fingerprint density at radius 3 is 2.52 bits per heavy atom. The van der Waals surface area contributed by atoms with E-state index in [-0.39, 0.29) is 5.82 Å². The van der Waals surface area contributed by atoms with Crippen molar-refractivity contribution in [3.8, 4) is 11.1 Å². The van der Waals surface area contributed by atoms with Crippen molar-refractivity contribution < 1.29 is 14.6 Å². The fourth-order valence-electron chi connectivity index (χ4n) is 3.81. The fraction of sp³-hybridized carbons (Fsp3) is 0.100. The molecule has 0 spiro atoms. The summed E-state index contributed by atoms with van der Waals surface area (Å²) < 4.78 is 13.5. The number of fused-ring (bicyclic) bond motifs is 4. The van der Waals surface area contributed by atoms with Gasteiger partial charge < -0.3 is 10.2 Å². The van der Waals surface area contributed by atoms with E-state index in [0.717, 1.165) is 44.2 Å². The number of aliphatic hydroxyl groups excluding tert-OH is 2. The Labute approximate surface area is 132 Å². The van der Waals surface area contributed by atoms with Crippen molar-refractivity contribution in [2.24, 2.45) is 0 Å². The summed E-state index contributed by atoms with van der Waals surface area (Å²) in [5.74, 6) is -0.262. The standard InChI is InChI=1S/C20H13FO2/c21-12-5-4-10-7-15-13-2-1-3-14-19(13)17(9-18(22)20(14)23)16(15)8-11(10)6-12/h1-9,18,20,22-23H. The van der Waals surface area contributed by atoms with Gasteiger partial charge in [-0.15, -0.1) is 0 Å². The largest absolute Gasteiger partial charge is 0.386 e. The van der Waals surface area contributed by atoms with Gasteiger partial charge in [-0.25, -0.2) is 4.39 Å². The van der Waals surface area contributed by atoms with Crippen molar-refractivity contribution in [3.05, 3.63) is 77.1 Å². The Kier molecular flexibility index (Phi) is 2.42. The number of hydrogen-bond donors (Lipinski definition) is 2. The molecule has 0 fully saturated rings. The molecule has 2 aliphatic carbocycles. The zero-order chi connectivity index (χ0) is 15.7. The van der Waals surface area contributed by atoms with Crippen LogP contribution in [0, 0.1) is 5.82 Å². The van der Waals surface area contributed by atoms with Crippen molar-refractivity contribution in [2.75, 3.05) is 0 Å². The quantitative estimate of drug-likeness (QED) is 0.519. The number of aliphatic hydroxyl groups is 2. The topological polar surface area (TPSA) is 40.5 Å². The second-order valence-electron chi connectivity index (χ2n) is 6.17. The van der Waals surface area contributed by atoms with Gasteiger partial charge in [0.1, 0.15) is 18.0 Å². The molecule has 0 amide bonds. The van der Waals surface area contributed by atoms with Crippen LogP contribution >= 0.6 is 0 Å². The first-order chi connectivity index (χ1) is 11.1. The van der Waals surface area contributed by atoms with Crippen LogP contribution in [0.4, 0.5) is 4.39 Å². The van der Waals surface area contributed by atoms with E-state index >= 15 is 0 Å². The average molecular weight is 304 g/mol. The van der Waals surface area contributed by atoms with Crippen LogP contribution in [0.3, 0.4) is 0 Å². The highest BCUT2D eigenvalue weighted by Gasteiger charge is 2.34. The molecule has 3 aromatic carbocycles. The van der Waals surface area contributed by atoms with Crippen LogP contribution in [-0.2, 0) is 0 Å². The highest BCUT2D eigenvalue weighted by Crippen LogP contribution is 2.50. The summed E-state index contributed by atoms with van der Waals surface area (Å²) in [4.78, 5) is 0. The maximum absolute atomic E-state index is 13.5. The monoisotopic (exact) mass is 304 g/mol. The van der Waals surface area contributed by atoms with Crippen LogP contribution in [0.25, 0.3) is 27.5 Å². The minimum atomic E-state index is -0.929. The predicted molar refractivity (Wildman–Crippen MR) is 87.4 cm³/mol. The second kappa shape index (κ2) is 4.28. The summed E-state index contributed by atoms with van der Waals surface area (Å²) in [5, 5.41) is 22.2. The lowest BCUT2D eigenvalue weighted by molar-refractivity contribution is 0.0467. The molecule has 0 saturated heterocycles. The Morgan fingerprint density at radius 2 is 1.65 bits per heavy atom. The molecule has 0 aliphatic heterocycles. The van der Waals surface area contributed by atoms with Gasteiger partial charge in [0, 0.05) is 0 Å². The van der Waals surface area contributed by atoms with Crippen LogP contribution < -0.4 is 0 Å². The first-order valence-electron chi connectivity index (χ1n) is 7.59. The second-order valence-corrected chi connectivity index (χ2v) is 6.17. The normalized spacial score (nSPS) is 21.1. The van der Waals surface area contributed by atoms with Gasteiger partial charge in [-0.2, -0.15) is 0 Å². The maximum atomic E-state index is 13.5. The Hall–Kier alpha value is -2.49. The fourth-order valence-corrected chi connectivity index (χ4v) is 3.81. The molecule has 112 valence electrons. The minimum Gasteiger partial charge on any atom is -0.386 e. The van der Waals surface area contributed by atoms with Crippen molar-refractivity contribution in [3.63, 3.8) is 0 Å². The third-order valence-corrected chi connectivity index (χ3v) is 4.86. The van der Waals surface area contributed by atoms with Crippen LogP contribution in [0.1, 0.15) is 22.8 Å². The van der Waals surface area contributed by atoms with Crippen molar-refractivity contribution in [1.29, 1.82) is 0 Å². The molecule has 2 aliphatic rings. The first-order valence-corrected chi connectivity index (χ1v) is 7.59. The molecule has 2 nitrogen and oxygen atoms in total. The molecule has 0 aromatic heterocycles. The molecule has 0 radical (unpaired) electrons. The minimum absolute atomic E-state index is 0.262. The van der Waals surface area contributed by atoms with Gasteiger partial charge in [0.15, 0.2) is 0 Å². The highest BCUT2D eigenvalue weighted by molar-refractivity contribution is 6.07. The van der Waals surface area contributed by atoms with E-state index in [2.05, 4.69) is 6.07 Å². The van der Waals surface area contributed by atoms with E-state index in [0.29, 0.717) is 0 Å². The van der Waals surface area contributed by atoms with Crippen molar-refractivity contribution >= 4 is 16.3 Å². The van der Waals surface area contributed by atoms with E-state index in [4.69, 9.17) is 0 Å². The van der Waals surface area contributed by atoms with Gasteiger partial charge in [0.05, 0.1) is 0 Å². The smallest absolute Gasteiger partial charge is 0.123 e. The molecule has 3 heteroatoms. The predicted octanol–water partition coefficient (Wildman–Crippen LogP) is 3.80. The average Bonchev–Trinajstić information content (AvgIpc) is 2.85. The zero-order valence-corrected chi connectivity index (χ0v) is 12.1. The molecule has 5 rings (SSSR count). The van der Waals surface area contributed by atoms with E-state index in [1.165, 1.54) is 12.1 Å². The molecule has 3 aromatic rings. The lowest BCUT2D eigenvalue weighted by Crippen LogP contribution is -2.20. The zero-order valence-electron chi connectivity index (χ0n) is 12.1. The molecule has 0 saturated carbocycles. The number of rotatable bonds is 0. The summed E-state index contributed by atoms with van der Waals surface area (Å²) >= 11 is 0. The molecular weight excluding hydrogens is 291 g/mol. The summed E-state index contributed by atoms with van der Waals surface area (Å²) in [6, 6.07) is 14.6. The Balaban J connectivity index is 1.90. The van der Waals surface area contributed by atoms with Gasteiger partial charge in [0.25, 0.3) is 0 Å². The summed E-state index contributed by atoms with van der Waals surface area (Å²) in [7, 11) is 0. The first kappa shape index (κ1) is 13.0. The van der Waals surface area contributed by atoms with Crippen molar-refractivity contribution in [1.82, 2.24) is 0 Å². The van der Waals surface area contributed by atoms with Crippen LogP contribution in [0.2, 0.25) is 0 Å². The van der Waals surface area contributed by atoms with Gasteiger partial charge in [-0.05, 0) is 74.5 Å². The number of benzene rings is 3. The summed E-state index contributed by atoms with van der Waals surface area (Å²) in [5.41, 5.74) is 5.76. The number of halogens is 1. The Morgan fingerprint density at radius 1 is 0.826 bits per heavy atom. The van der Waals surface area contributed by atoms with Crippen LogP contribution in [0.15, 0.2) is 54.6 Å². The van der Waals surface area contributed by atoms with Gasteiger partial charge in [-0.1, -0.05) is 24.3 Å². The number of hydrogen-bond acceptors (Lipinski definition) is 2. The highest BCUT2D eigenvalue weighted by atomic mass is 19.1. The lowest BCUT2D eigenvalue weighted by Gasteiger charge is -2.24. The summed E-state index contributed by atoms with van der Waals surface area (Å²) in [6.45, 7) is 0. The molecule has 2 N–H and O–H groups in total. The van der Waals surface area contributed by atoms with Crippen LogP contribution in [-0.4, -0.2) is 16.3 Å². The third kappa shape index (κ3) is 1.63. The van der Waals surface area contributed by atoms with E-state index in [9.17, 15) is 14.6 Å².